The third kappa shape index (κ3) is 4.15. The molecule has 2 aromatic carbocycles. The maximum atomic E-state index is 5.62. The predicted molar refractivity (Wildman–Crippen MR) is 147 cm³/mol. The molecule has 36 heavy (non-hydrogen) atoms. The van der Waals surface area contributed by atoms with Crippen LogP contribution in [0, 0.1) is 13.8 Å². The summed E-state index contributed by atoms with van der Waals surface area (Å²) >= 11 is 0. The largest absolute Gasteiger partial charge is 0.493 e. The number of rotatable bonds is 7. The van der Waals surface area contributed by atoms with Gasteiger partial charge in [-0.05, 0) is 79.8 Å². The minimum Gasteiger partial charge on any atom is -0.493 e. The number of pyridine rings is 1. The number of ether oxygens (including phenoxy) is 2. The highest BCUT2D eigenvalue weighted by Crippen LogP contribution is 2.43. The van der Waals surface area contributed by atoms with Crippen molar-refractivity contribution < 1.29 is 9.47 Å². The van der Waals surface area contributed by atoms with Crippen molar-refractivity contribution in [3.8, 4) is 33.9 Å². The number of aromatic nitrogens is 2. The van der Waals surface area contributed by atoms with Crippen LogP contribution >= 0.6 is 0 Å². The van der Waals surface area contributed by atoms with E-state index in [1.165, 1.54) is 50.5 Å². The van der Waals surface area contributed by atoms with Crippen LogP contribution in [0.3, 0.4) is 0 Å². The summed E-state index contributed by atoms with van der Waals surface area (Å²) in [7, 11) is 3.39. The number of hydrogen-bond donors (Lipinski definition) is 0. The molecule has 0 unspecified atom stereocenters. The monoisotopic (exact) mass is 479 g/mol. The fraction of sp³-hybridized carbons (Fsp3) is 0.258. The van der Waals surface area contributed by atoms with Crippen LogP contribution in [0.25, 0.3) is 22.4 Å². The fourth-order valence-electron chi connectivity index (χ4n) is 5.34. The van der Waals surface area contributed by atoms with Gasteiger partial charge in [0.05, 0.1) is 14.2 Å². The molecule has 0 bridgehead atoms. The molecule has 0 spiro atoms. The highest BCUT2D eigenvalue weighted by atomic mass is 16.5. The minimum absolute atomic E-state index is 0.765. The van der Waals surface area contributed by atoms with Gasteiger partial charge in [-0.1, -0.05) is 24.3 Å². The lowest BCUT2D eigenvalue weighted by Crippen LogP contribution is -2.16. The van der Waals surface area contributed by atoms with E-state index in [1.54, 1.807) is 14.2 Å². The van der Waals surface area contributed by atoms with Gasteiger partial charge in [0.15, 0.2) is 11.5 Å². The van der Waals surface area contributed by atoms with Gasteiger partial charge in [-0.25, -0.2) is 0 Å². The summed E-state index contributed by atoms with van der Waals surface area (Å²) < 4.78 is 13.6. The second-order valence-corrected chi connectivity index (χ2v) is 9.22. The van der Waals surface area contributed by atoms with Crippen LogP contribution in [0.5, 0.6) is 11.5 Å². The quantitative estimate of drug-likeness (QED) is 0.288. The number of anilines is 1. The van der Waals surface area contributed by atoms with Crippen molar-refractivity contribution in [3.63, 3.8) is 0 Å². The first-order chi connectivity index (χ1) is 17.5. The number of allylic oxidation sites excluding steroid dienone is 1. The van der Waals surface area contributed by atoms with Gasteiger partial charge in [0.25, 0.3) is 0 Å². The van der Waals surface area contributed by atoms with Gasteiger partial charge >= 0.3 is 0 Å². The summed E-state index contributed by atoms with van der Waals surface area (Å²) in [5.41, 5.74) is 11.2. The van der Waals surface area contributed by atoms with Gasteiger partial charge in [0.2, 0.25) is 0 Å². The van der Waals surface area contributed by atoms with E-state index in [9.17, 15) is 0 Å². The Hall–Kier alpha value is -3.99. The van der Waals surface area contributed by atoms with E-state index in [-0.39, 0.29) is 0 Å². The Morgan fingerprint density at radius 1 is 0.972 bits per heavy atom. The molecule has 5 rings (SSSR count). The van der Waals surface area contributed by atoms with Crippen LogP contribution in [-0.2, 0) is 19.5 Å². The van der Waals surface area contributed by atoms with Gasteiger partial charge in [-0.2, -0.15) is 0 Å². The lowest BCUT2D eigenvalue weighted by molar-refractivity contribution is 0.354. The molecule has 2 aromatic heterocycles. The standard InChI is InChI=1S/C31H33N3O2/c1-6-14-33(20-23-9-8-13-32-19-23)28-11-7-10-25(21(28)2)26-17-29-27-18-31(36-5)30(35-4)16-24(27)12-15-34(29)22(26)3/h6-11,13-14,16-19H,12,15,20H2,1-5H3/b14-6-. The molecule has 4 aromatic rings. The Labute approximate surface area is 213 Å². The molecule has 0 fully saturated rings. The zero-order chi connectivity index (χ0) is 25.2. The first-order valence-electron chi connectivity index (χ1n) is 12.4. The highest BCUT2D eigenvalue weighted by Gasteiger charge is 2.24. The molecule has 0 amide bonds. The Morgan fingerprint density at radius 3 is 2.50 bits per heavy atom. The summed E-state index contributed by atoms with van der Waals surface area (Å²) in [5.74, 6) is 1.55. The number of hydrogen-bond acceptors (Lipinski definition) is 4. The Morgan fingerprint density at radius 2 is 1.78 bits per heavy atom. The highest BCUT2D eigenvalue weighted by molar-refractivity contribution is 5.82. The fourth-order valence-corrected chi connectivity index (χ4v) is 5.34. The molecular formula is C31H33N3O2. The van der Waals surface area contributed by atoms with Crippen molar-refractivity contribution in [3.05, 3.63) is 95.6 Å². The molecule has 5 nitrogen and oxygen atoms in total. The third-order valence-corrected chi connectivity index (χ3v) is 7.17. The molecule has 5 heteroatoms. The van der Waals surface area contributed by atoms with E-state index in [0.717, 1.165) is 31.0 Å². The molecule has 0 radical (unpaired) electrons. The maximum Gasteiger partial charge on any atom is 0.161 e. The van der Waals surface area contributed by atoms with Crippen molar-refractivity contribution in [1.82, 2.24) is 9.55 Å². The summed E-state index contributed by atoms with van der Waals surface area (Å²) in [5, 5.41) is 0. The van der Waals surface area contributed by atoms with Crippen LogP contribution in [0.4, 0.5) is 5.69 Å². The van der Waals surface area contributed by atoms with Crippen molar-refractivity contribution >= 4 is 5.69 Å². The third-order valence-electron chi connectivity index (χ3n) is 7.17. The molecule has 1 aliphatic heterocycles. The van der Waals surface area contributed by atoms with E-state index < -0.39 is 0 Å². The van der Waals surface area contributed by atoms with Crippen molar-refractivity contribution in [2.45, 2.75) is 40.3 Å². The number of methoxy groups -OCH3 is 2. The summed E-state index contributed by atoms with van der Waals surface area (Å²) in [6, 6.07) is 17.3. The zero-order valence-corrected chi connectivity index (χ0v) is 21.7. The summed E-state index contributed by atoms with van der Waals surface area (Å²) in [6.07, 6.45) is 8.95. The minimum atomic E-state index is 0.765. The molecule has 0 saturated heterocycles. The van der Waals surface area contributed by atoms with E-state index in [2.05, 4.69) is 90.0 Å². The van der Waals surface area contributed by atoms with Gasteiger partial charge in [0, 0.05) is 59.9 Å². The van der Waals surface area contributed by atoms with Crippen LogP contribution in [0.15, 0.2) is 73.2 Å². The normalized spacial score (nSPS) is 12.4. The van der Waals surface area contributed by atoms with Gasteiger partial charge < -0.3 is 18.9 Å². The number of fused-ring (bicyclic) bond motifs is 3. The van der Waals surface area contributed by atoms with Crippen molar-refractivity contribution in [1.29, 1.82) is 0 Å². The maximum absolute atomic E-state index is 5.62. The second kappa shape index (κ2) is 9.94. The Balaban J connectivity index is 1.59. The van der Waals surface area contributed by atoms with E-state index in [1.807, 2.05) is 18.5 Å². The average molecular weight is 480 g/mol. The topological polar surface area (TPSA) is 39.5 Å². The molecule has 0 atom stereocenters. The lowest BCUT2D eigenvalue weighted by Gasteiger charge is -2.24. The van der Waals surface area contributed by atoms with Crippen LogP contribution in [-0.4, -0.2) is 23.8 Å². The van der Waals surface area contributed by atoms with Crippen LogP contribution in [0.2, 0.25) is 0 Å². The van der Waals surface area contributed by atoms with Gasteiger partial charge in [0.1, 0.15) is 0 Å². The van der Waals surface area contributed by atoms with E-state index in [0.29, 0.717) is 0 Å². The number of benzene rings is 2. The second-order valence-electron chi connectivity index (χ2n) is 9.22. The SMILES string of the molecule is C/C=C\N(Cc1cccnc1)c1cccc(-c2cc3n(c2C)CCc2cc(OC)c(OC)cc2-3)c1C. The van der Waals surface area contributed by atoms with Gasteiger partial charge in [-0.3, -0.25) is 4.98 Å². The summed E-state index contributed by atoms with van der Waals surface area (Å²) in [6.45, 7) is 8.23. The van der Waals surface area contributed by atoms with Crippen LogP contribution in [0.1, 0.15) is 29.3 Å². The van der Waals surface area contributed by atoms with Crippen molar-refractivity contribution in [2.75, 3.05) is 19.1 Å². The predicted octanol–water partition coefficient (Wildman–Crippen LogP) is 6.95. The molecular weight excluding hydrogens is 446 g/mol. The zero-order valence-electron chi connectivity index (χ0n) is 21.7. The summed E-state index contributed by atoms with van der Waals surface area (Å²) in [4.78, 5) is 6.60. The molecule has 1 aliphatic rings. The van der Waals surface area contributed by atoms with E-state index in [4.69, 9.17) is 9.47 Å². The molecule has 3 heterocycles. The Bertz CT molecular complexity index is 1420. The smallest absolute Gasteiger partial charge is 0.161 e. The van der Waals surface area contributed by atoms with Gasteiger partial charge in [-0.15, -0.1) is 0 Å². The number of nitrogens with zero attached hydrogens (tertiary/aromatic N) is 3. The molecule has 0 aliphatic carbocycles. The Kier molecular flexibility index (Phi) is 6.55. The lowest BCUT2D eigenvalue weighted by atomic mass is 9.96. The van der Waals surface area contributed by atoms with Crippen molar-refractivity contribution in [2.24, 2.45) is 0 Å². The van der Waals surface area contributed by atoms with E-state index >= 15 is 0 Å². The molecule has 184 valence electrons. The first kappa shape index (κ1) is 23.7. The molecule has 0 saturated carbocycles. The number of aryl methyl sites for hydroxylation is 1. The molecule has 0 N–H and O–H groups in total. The average Bonchev–Trinajstić information content (AvgIpc) is 3.24. The van der Waals surface area contributed by atoms with Crippen LogP contribution < -0.4 is 14.4 Å². The first-order valence-corrected chi connectivity index (χ1v) is 12.4.